The van der Waals surface area contributed by atoms with Crippen LogP contribution in [0.1, 0.15) is 11.1 Å². The van der Waals surface area contributed by atoms with Crippen molar-refractivity contribution in [3.05, 3.63) is 64.7 Å². The lowest BCUT2D eigenvalue weighted by molar-refractivity contribution is 0.542. The van der Waals surface area contributed by atoms with Crippen LogP contribution in [0.4, 0.5) is 5.69 Å². The van der Waals surface area contributed by atoms with Crippen molar-refractivity contribution in [3.63, 3.8) is 0 Å². The molecule has 0 bridgehead atoms. The molecule has 25 heavy (non-hydrogen) atoms. The molecule has 0 saturated carbocycles. The molecule has 2 aromatic carbocycles. The first kappa shape index (κ1) is 19.8. The van der Waals surface area contributed by atoms with Crippen molar-refractivity contribution in [2.24, 2.45) is 4.99 Å². The van der Waals surface area contributed by atoms with Gasteiger partial charge in [0.1, 0.15) is 6.34 Å². The van der Waals surface area contributed by atoms with Gasteiger partial charge in [-0.15, -0.1) is 3.71 Å². The van der Waals surface area contributed by atoms with Crippen molar-refractivity contribution < 1.29 is 8.42 Å². The molecule has 0 aliphatic heterocycles. The molecule has 0 unspecified atom stereocenters. The van der Waals surface area contributed by atoms with Gasteiger partial charge in [0.25, 0.3) is 0 Å². The van der Waals surface area contributed by atoms with Crippen molar-refractivity contribution in [1.82, 2.24) is 8.02 Å². The summed E-state index contributed by atoms with van der Waals surface area (Å²) < 4.78 is 27.1. The first-order chi connectivity index (χ1) is 11.8. The predicted octanol–water partition coefficient (Wildman–Crippen LogP) is 4.27. The van der Waals surface area contributed by atoms with E-state index in [0.29, 0.717) is 5.02 Å². The molecule has 0 radical (unpaired) electrons. The van der Waals surface area contributed by atoms with Crippen molar-refractivity contribution in [2.45, 2.75) is 13.5 Å². The Kier molecular flexibility index (Phi) is 6.89. The smallest absolute Gasteiger partial charge is 0.222 e. The molecule has 2 rings (SSSR count). The van der Waals surface area contributed by atoms with Crippen LogP contribution in [0.3, 0.4) is 0 Å². The van der Waals surface area contributed by atoms with Gasteiger partial charge >= 0.3 is 0 Å². The van der Waals surface area contributed by atoms with E-state index >= 15 is 0 Å². The summed E-state index contributed by atoms with van der Waals surface area (Å²) in [6.45, 7) is 2.20. The third kappa shape index (κ3) is 6.36. The van der Waals surface area contributed by atoms with Gasteiger partial charge < -0.3 is 0 Å². The second-order valence-electron chi connectivity index (χ2n) is 5.51. The molecule has 8 heteroatoms. The number of rotatable bonds is 7. The van der Waals surface area contributed by atoms with Gasteiger partial charge in [-0.3, -0.25) is 4.31 Å². The van der Waals surface area contributed by atoms with Crippen molar-refractivity contribution in [2.75, 3.05) is 13.3 Å². The molecule has 0 fully saturated rings. The number of nitrogens with zero attached hydrogens (tertiary/aromatic N) is 3. The summed E-state index contributed by atoms with van der Waals surface area (Å²) in [7, 11) is -1.63. The van der Waals surface area contributed by atoms with Crippen LogP contribution in [0, 0.1) is 6.92 Å². The average molecular weight is 398 g/mol. The van der Waals surface area contributed by atoms with E-state index in [1.807, 2.05) is 49.4 Å². The lowest BCUT2D eigenvalue weighted by atomic mass is 10.2. The number of aliphatic imine (C=N–C) groups is 1. The number of hydrogen-bond acceptors (Lipinski definition) is 4. The van der Waals surface area contributed by atoms with E-state index in [4.69, 9.17) is 11.6 Å². The lowest BCUT2D eigenvalue weighted by Crippen LogP contribution is -2.27. The molecule has 0 saturated heterocycles. The maximum atomic E-state index is 12.1. The highest BCUT2D eigenvalue weighted by Gasteiger charge is 2.19. The third-order valence-electron chi connectivity index (χ3n) is 3.26. The highest BCUT2D eigenvalue weighted by molar-refractivity contribution is 8.07. The Labute approximate surface area is 158 Å². The van der Waals surface area contributed by atoms with Gasteiger partial charge in [-0.25, -0.2) is 13.4 Å². The topological polar surface area (TPSA) is 53.0 Å². The molecule has 134 valence electrons. The SMILES string of the molecule is Cc1cc(Cl)ccc1N=CN(C)SN(Cc1ccccc1)S(C)(=O)=O. The highest BCUT2D eigenvalue weighted by atomic mass is 35.5. The van der Waals surface area contributed by atoms with Crippen LogP contribution < -0.4 is 0 Å². The Morgan fingerprint density at radius 1 is 1.20 bits per heavy atom. The van der Waals surface area contributed by atoms with Gasteiger partial charge in [0.15, 0.2) is 0 Å². The van der Waals surface area contributed by atoms with Crippen LogP contribution >= 0.6 is 23.7 Å². The van der Waals surface area contributed by atoms with Gasteiger partial charge in [-0.2, -0.15) is 0 Å². The molecule has 0 amide bonds. The zero-order valence-electron chi connectivity index (χ0n) is 14.3. The van der Waals surface area contributed by atoms with E-state index in [1.165, 1.54) is 9.97 Å². The number of aryl methyl sites for hydroxylation is 1. The summed E-state index contributed by atoms with van der Waals surface area (Å²) in [6.07, 6.45) is 2.78. The fraction of sp³-hybridized carbons (Fsp3) is 0.235. The summed E-state index contributed by atoms with van der Waals surface area (Å²) in [4.78, 5) is 4.39. The summed E-state index contributed by atoms with van der Waals surface area (Å²) in [5.41, 5.74) is 2.65. The second-order valence-corrected chi connectivity index (χ2v) is 9.27. The van der Waals surface area contributed by atoms with Crippen LogP contribution in [0.25, 0.3) is 0 Å². The number of hydrogen-bond donors (Lipinski definition) is 0. The van der Waals surface area contributed by atoms with Gasteiger partial charge in [-0.05, 0) is 36.2 Å². The quantitative estimate of drug-likeness (QED) is 0.398. The van der Waals surface area contributed by atoms with Gasteiger partial charge in [0, 0.05) is 12.1 Å². The predicted molar refractivity (Wildman–Crippen MR) is 107 cm³/mol. The largest absolute Gasteiger partial charge is 0.296 e. The molecule has 2 aromatic rings. The van der Waals surface area contributed by atoms with Crippen LogP contribution in [-0.4, -0.2) is 36.1 Å². The van der Waals surface area contributed by atoms with E-state index in [-0.39, 0.29) is 6.54 Å². The monoisotopic (exact) mass is 397 g/mol. The van der Waals surface area contributed by atoms with E-state index in [0.717, 1.165) is 28.9 Å². The maximum absolute atomic E-state index is 12.1. The zero-order valence-corrected chi connectivity index (χ0v) is 16.6. The van der Waals surface area contributed by atoms with Crippen molar-refractivity contribution >= 4 is 45.8 Å². The first-order valence-corrected chi connectivity index (χ1v) is 10.4. The Balaban J connectivity index is 2.09. The summed E-state index contributed by atoms with van der Waals surface area (Å²) >= 11 is 7.01. The number of sulfonamides is 1. The molecule has 0 spiro atoms. The number of benzene rings is 2. The minimum atomic E-state index is -3.38. The first-order valence-electron chi connectivity index (χ1n) is 7.48. The van der Waals surface area contributed by atoms with E-state index in [2.05, 4.69) is 4.99 Å². The highest BCUT2D eigenvalue weighted by Crippen LogP contribution is 2.24. The van der Waals surface area contributed by atoms with Gasteiger partial charge in [0.2, 0.25) is 10.0 Å². The van der Waals surface area contributed by atoms with Crippen LogP contribution in [0.5, 0.6) is 0 Å². The molecular weight excluding hydrogens is 378 g/mol. The lowest BCUT2D eigenvalue weighted by Gasteiger charge is -2.22. The Morgan fingerprint density at radius 2 is 1.88 bits per heavy atom. The molecule has 5 nitrogen and oxygen atoms in total. The standard InChI is InChI=1S/C17H20ClN3O2S2/c1-14-11-16(18)9-10-17(14)19-13-20(2)24-21(25(3,22)23)12-15-7-5-4-6-8-15/h4-11,13H,12H2,1-3H3. The Morgan fingerprint density at radius 3 is 2.48 bits per heavy atom. The molecule has 0 N–H and O–H groups in total. The summed E-state index contributed by atoms with van der Waals surface area (Å²) in [6, 6.07) is 14.9. The van der Waals surface area contributed by atoms with Crippen LogP contribution in [0.15, 0.2) is 53.5 Å². The maximum Gasteiger partial charge on any atom is 0.222 e. The van der Waals surface area contributed by atoms with E-state index in [9.17, 15) is 8.42 Å². The van der Waals surface area contributed by atoms with Crippen LogP contribution in [-0.2, 0) is 16.6 Å². The second kappa shape index (κ2) is 8.71. The minimum Gasteiger partial charge on any atom is -0.296 e. The van der Waals surface area contributed by atoms with Gasteiger partial charge in [-0.1, -0.05) is 41.9 Å². The third-order valence-corrected chi connectivity index (χ3v) is 6.04. The summed E-state index contributed by atoms with van der Waals surface area (Å²) in [5.74, 6) is 0. The van der Waals surface area contributed by atoms with Crippen LogP contribution in [0.2, 0.25) is 5.02 Å². The molecule has 0 atom stereocenters. The minimum absolute atomic E-state index is 0.280. The van der Waals surface area contributed by atoms with E-state index in [1.54, 1.807) is 23.8 Å². The molecular formula is C17H20ClN3O2S2. The van der Waals surface area contributed by atoms with Crippen molar-refractivity contribution in [3.8, 4) is 0 Å². The van der Waals surface area contributed by atoms with Crippen molar-refractivity contribution in [1.29, 1.82) is 0 Å². The number of halogens is 1. The fourth-order valence-electron chi connectivity index (χ4n) is 2.01. The molecule has 0 heterocycles. The molecule has 0 aliphatic carbocycles. The normalized spacial score (nSPS) is 12.0. The Hall–Kier alpha value is -1.54. The fourth-order valence-corrected chi connectivity index (χ4v) is 4.00. The zero-order chi connectivity index (χ0) is 18.4. The molecule has 0 aromatic heterocycles. The molecule has 0 aliphatic rings. The Bertz CT molecular complexity index is 842. The summed E-state index contributed by atoms with van der Waals surface area (Å²) in [5, 5.41) is 0.658. The van der Waals surface area contributed by atoms with E-state index < -0.39 is 10.0 Å². The average Bonchev–Trinajstić information content (AvgIpc) is 2.53. The van der Waals surface area contributed by atoms with Gasteiger partial charge in [0.05, 0.1) is 30.6 Å².